The summed E-state index contributed by atoms with van der Waals surface area (Å²) in [5, 5.41) is 0. The first-order valence-corrected chi connectivity index (χ1v) is 9.15. The lowest BCUT2D eigenvalue weighted by atomic mass is 10.1. The molecule has 0 aromatic heterocycles. The van der Waals surface area contributed by atoms with E-state index in [1.54, 1.807) is 30.6 Å². The van der Waals surface area contributed by atoms with Gasteiger partial charge in [0.1, 0.15) is 5.60 Å². The molecule has 1 aliphatic heterocycles. The number of piperazine rings is 1. The van der Waals surface area contributed by atoms with Crippen LogP contribution in [0.2, 0.25) is 0 Å². The fraction of sp³-hybridized carbons (Fsp3) is 0.556. The van der Waals surface area contributed by atoms with Crippen LogP contribution in [0.3, 0.4) is 0 Å². The van der Waals surface area contributed by atoms with Crippen molar-refractivity contribution in [1.29, 1.82) is 0 Å². The predicted molar refractivity (Wildman–Crippen MR) is 97.4 cm³/mol. The fourth-order valence-corrected chi connectivity index (χ4v) is 3.18. The molecule has 2 rings (SSSR count). The summed E-state index contributed by atoms with van der Waals surface area (Å²) in [6, 6.07) is 3.94. The Morgan fingerprint density at radius 2 is 1.92 bits per heavy atom. The minimum atomic E-state index is -2.67. The fourth-order valence-electron chi connectivity index (χ4n) is 2.76. The molecule has 8 heteroatoms. The Morgan fingerprint density at radius 1 is 1.27 bits per heavy atom. The Balaban J connectivity index is 2.09. The van der Waals surface area contributed by atoms with Gasteiger partial charge < -0.3 is 14.5 Å². The van der Waals surface area contributed by atoms with Crippen molar-refractivity contribution < 1.29 is 23.1 Å². The van der Waals surface area contributed by atoms with E-state index in [4.69, 9.17) is 4.74 Å². The largest absolute Gasteiger partial charge is 0.444 e. The van der Waals surface area contributed by atoms with Crippen molar-refractivity contribution in [3.05, 3.63) is 33.8 Å². The quantitative estimate of drug-likeness (QED) is 0.692. The maximum atomic E-state index is 13.1. The molecule has 0 spiro atoms. The van der Waals surface area contributed by atoms with Crippen LogP contribution in [0.15, 0.2) is 22.7 Å². The second-order valence-electron chi connectivity index (χ2n) is 7.31. The van der Waals surface area contributed by atoms with E-state index < -0.39 is 18.1 Å². The summed E-state index contributed by atoms with van der Waals surface area (Å²) >= 11 is 3.07. The number of rotatable bonds is 2. The lowest BCUT2D eigenvalue weighted by Crippen LogP contribution is -2.56. The lowest BCUT2D eigenvalue weighted by Gasteiger charge is -2.40. The van der Waals surface area contributed by atoms with Gasteiger partial charge in [-0.05, 0) is 45.9 Å². The van der Waals surface area contributed by atoms with E-state index in [0.29, 0.717) is 19.6 Å². The maximum absolute atomic E-state index is 13.1. The number of hydrogen-bond donors (Lipinski definition) is 0. The third kappa shape index (κ3) is 4.93. The van der Waals surface area contributed by atoms with Crippen LogP contribution in [0.5, 0.6) is 0 Å². The van der Waals surface area contributed by atoms with Crippen molar-refractivity contribution in [3.63, 3.8) is 0 Å². The molecule has 1 saturated heterocycles. The predicted octanol–water partition coefficient (Wildman–Crippen LogP) is 4.47. The van der Waals surface area contributed by atoms with Gasteiger partial charge in [-0.15, -0.1) is 0 Å². The smallest absolute Gasteiger partial charge is 0.410 e. The van der Waals surface area contributed by atoms with Crippen molar-refractivity contribution in [1.82, 2.24) is 9.80 Å². The van der Waals surface area contributed by atoms with Crippen molar-refractivity contribution >= 4 is 27.9 Å². The average molecular weight is 433 g/mol. The topological polar surface area (TPSA) is 49.9 Å². The van der Waals surface area contributed by atoms with Crippen LogP contribution in [0, 0.1) is 0 Å². The normalized spacial score (nSPS) is 18.2. The molecule has 0 N–H and O–H groups in total. The van der Waals surface area contributed by atoms with Gasteiger partial charge in [0.15, 0.2) is 0 Å². The van der Waals surface area contributed by atoms with Gasteiger partial charge >= 0.3 is 6.09 Å². The second kappa shape index (κ2) is 7.90. The van der Waals surface area contributed by atoms with E-state index in [1.165, 1.54) is 18.2 Å². The highest BCUT2D eigenvalue weighted by molar-refractivity contribution is 9.10. The number of carbonyl (C=O) groups excluding carboxylic acids is 2. The van der Waals surface area contributed by atoms with E-state index in [0.717, 1.165) is 0 Å². The Bertz CT molecular complexity index is 692. The Morgan fingerprint density at radius 3 is 2.46 bits per heavy atom. The number of alkyl halides is 2. The van der Waals surface area contributed by atoms with Gasteiger partial charge in [-0.25, -0.2) is 13.6 Å². The van der Waals surface area contributed by atoms with Gasteiger partial charge in [0, 0.05) is 41.3 Å². The molecular formula is C18H23BrF2N2O3. The van der Waals surface area contributed by atoms with Gasteiger partial charge in [0.2, 0.25) is 0 Å². The first-order valence-electron chi connectivity index (χ1n) is 8.36. The molecule has 1 aromatic carbocycles. The molecule has 1 fully saturated rings. The minimum absolute atomic E-state index is 0.209. The Hall–Kier alpha value is -1.70. The van der Waals surface area contributed by atoms with Crippen LogP contribution >= 0.6 is 15.9 Å². The summed E-state index contributed by atoms with van der Waals surface area (Å²) in [6.07, 6.45) is -3.08. The first-order chi connectivity index (χ1) is 12.0. The van der Waals surface area contributed by atoms with Crippen molar-refractivity contribution in [3.8, 4) is 0 Å². The van der Waals surface area contributed by atoms with Gasteiger partial charge in [0.25, 0.3) is 12.3 Å². The number of hydrogen-bond acceptors (Lipinski definition) is 3. The van der Waals surface area contributed by atoms with Crippen molar-refractivity contribution in [2.24, 2.45) is 0 Å². The zero-order chi connectivity index (χ0) is 19.6. The molecule has 0 radical (unpaired) electrons. The van der Waals surface area contributed by atoms with Gasteiger partial charge in [-0.3, -0.25) is 4.79 Å². The van der Waals surface area contributed by atoms with Crippen LogP contribution in [0.4, 0.5) is 13.6 Å². The molecule has 0 bridgehead atoms. The molecule has 0 saturated carbocycles. The Labute approximate surface area is 160 Å². The maximum Gasteiger partial charge on any atom is 0.410 e. The van der Waals surface area contributed by atoms with E-state index in [-0.39, 0.29) is 27.5 Å². The zero-order valence-corrected chi connectivity index (χ0v) is 16.8. The first kappa shape index (κ1) is 20.6. The molecule has 26 heavy (non-hydrogen) atoms. The third-order valence-corrected chi connectivity index (χ3v) is 4.74. The molecule has 1 aliphatic rings. The van der Waals surface area contributed by atoms with Crippen LogP contribution in [-0.2, 0) is 4.74 Å². The second-order valence-corrected chi connectivity index (χ2v) is 8.17. The summed E-state index contributed by atoms with van der Waals surface area (Å²) in [4.78, 5) is 28.1. The number of nitrogens with zero attached hydrogens (tertiary/aromatic N) is 2. The van der Waals surface area contributed by atoms with Gasteiger partial charge in [-0.2, -0.15) is 0 Å². The minimum Gasteiger partial charge on any atom is -0.444 e. The number of benzene rings is 1. The van der Waals surface area contributed by atoms with Gasteiger partial charge in [-0.1, -0.05) is 15.9 Å². The molecule has 144 valence electrons. The average Bonchev–Trinajstić information content (AvgIpc) is 2.52. The standard InChI is InChI=1S/C18H23BrF2N2O3/c1-11-10-22(17(25)26-18(2,3)4)7-8-23(11)16(24)12-5-6-14(19)13(9-12)15(20)21/h5-6,9,11,15H,7-8,10H2,1-4H3/t11-/m1/s1. The molecule has 1 heterocycles. The molecule has 1 aromatic rings. The lowest BCUT2D eigenvalue weighted by molar-refractivity contribution is 0.00615. The van der Waals surface area contributed by atoms with Crippen LogP contribution in [0.25, 0.3) is 0 Å². The Kier molecular flexibility index (Phi) is 6.26. The van der Waals surface area contributed by atoms with Crippen LogP contribution < -0.4 is 0 Å². The summed E-state index contributed by atoms with van der Waals surface area (Å²) < 4.78 is 31.7. The summed E-state index contributed by atoms with van der Waals surface area (Å²) in [5.41, 5.74) is -0.590. The molecule has 0 aliphatic carbocycles. The van der Waals surface area contributed by atoms with Crippen molar-refractivity contribution in [2.75, 3.05) is 19.6 Å². The van der Waals surface area contributed by atoms with E-state index in [2.05, 4.69) is 15.9 Å². The van der Waals surface area contributed by atoms with E-state index in [1.807, 2.05) is 6.92 Å². The van der Waals surface area contributed by atoms with Gasteiger partial charge in [0.05, 0.1) is 0 Å². The number of halogens is 3. The molecule has 1 atom stereocenters. The van der Waals surface area contributed by atoms with Crippen LogP contribution in [-0.4, -0.2) is 53.1 Å². The SMILES string of the molecule is C[C@@H]1CN(C(=O)OC(C)(C)C)CCN1C(=O)c1ccc(Br)c(C(F)F)c1. The highest BCUT2D eigenvalue weighted by atomic mass is 79.9. The zero-order valence-electron chi connectivity index (χ0n) is 15.3. The van der Waals surface area contributed by atoms with E-state index in [9.17, 15) is 18.4 Å². The highest BCUT2D eigenvalue weighted by Gasteiger charge is 2.32. The van der Waals surface area contributed by atoms with Crippen molar-refractivity contribution in [2.45, 2.75) is 45.8 Å². The number of ether oxygens (including phenoxy) is 1. The third-order valence-electron chi connectivity index (χ3n) is 4.02. The number of carbonyl (C=O) groups is 2. The molecule has 0 unspecified atom stereocenters. The molecule has 5 nitrogen and oxygen atoms in total. The molecule has 2 amide bonds. The molecular weight excluding hydrogens is 410 g/mol. The monoisotopic (exact) mass is 432 g/mol. The summed E-state index contributed by atoms with van der Waals surface area (Å²) in [5.74, 6) is -0.323. The van der Waals surface area contributed by atoms with E-state index >= 15 is 0 Å². The highest BCUT2D eigenvalue weighted by Crippen LogP contribution is 2.29. The van der Waals surface area contributed by atoms with Crippen LogP contribution in [0.1, 0.15) is 50.0 Å². The number of amides is 2. The summed E-state index contributed by atoms with van der Waals surface area (Å²) in [7, 11) is 0. The summed E-state index contributed by atoms with van der Waals surface area (Å²) in [6.45, 7) is 8.19.